The fourth-order valence-electron chi connectivity index (χ4n) is 3.40. The molecule has 164 valence electrons. The lowest BCUT2D eigenvalue weighted by Crippen LogP contribution is -2.10. The maximum atomic E-state index is 12.0. The van der Waals surface area contributed by atoms with Gasteiger partial charge in [-0.15, -0.1) is 0 Å². The van der Waals surface area contributed by atoms with Crippen LogP contribution in [0.1, 0.15) is 11.3 Å². The molecule has 0 aliphatic heterocycles. The van der Waals surface area contributed by atoms with E-state index in [1.165, 1.54) is 24.3 Å². The molecule has 2 heterocycles. The van der Waals surface area contributed by atoms with E-state index in [9.17, 15) is 19.8 Å². The second kappa shape index (κ2) is 8.38. The third-order valence-electron chi connectivity index (χ3n) is 4.92. The Bertz CT molecular complexity index is 1350. The largest absolute Gasteiger partial charge is 0.508 e. The number of hydrogen-bond acceptors (Lipinski definition) is 6. The summed E-state index contributed by atoms with van der Waals surface area (Å²) in [5.74, 6) is -0.0974. The van der Waals surface area contributed by atoms with Crippen molar-refractivity contribution in [3.63, 3.8) is 0 Å². The number of pyridine rings is 1. The predicted molar refractivity (Wildman–Crippen MR) is 116 cm³/mol. The van der Waals surface area contributed by atoms with Crippen molar-refractivity contribution in [1.29, 1.82) is 0 Å². The molecule has 0 bridgehead atoms. The topological polar surface area (TPSA) is 134 Å². The average molecular weight is 436 g/mol. The smallest absolute Gasteiger partial charge is 0.341 e. The standard InChI is InChI=1S/C23H20N2O7/c1-13-22(32-16-5-3-15(26)4-6-16)17-7-9-20(28)24-23(17)25(13)11-14-2-8-18(27)19(10-14)31-12-21(29)30/h2-10,26-27H,11-12H2,1H3,(H,24,28)(H,29,30). The minimum atomic E-state index is -1.16. The zero-order valence-corrected chi connectivity index (χ0v) is 17.0. The maximum Gasteiger partial charge on any atom is 0.341 e. The highest BCUT2D eigenvalue weighted by Gasteiger charge is 2.18. The normalized spacial score (nSPS) is 10.9. The minimum absolute atomic E-state index is 0.0491. The maximum absolute atomic E-state index is 12.0. The summed E-state index contributed by atoms with van der Waals surface area (Å²) in [6, 6.07) is 14.0. The van der Waals surface area contributed by atoms with Gasteiger partial charge >= 0.3 is 5.97 Å². The van der Waals surface area contributed by atoms with Crippen molar-refractivity contribution in [2.45, 2.75) is 13.5 Å². The van der Waals surface area contributed by atoms with Crippen molar-refractivity contribution in [2.24, 2.45) is 0 Å². The second-order valence-corrected chi connectivity index (χ2v) is 7.17. The first kappa shape index (κ1) is 20.9. The third kappa shape index (κ3) is 4.22. The summed E-state index contributed by atoms with van der Waals surface area (Å²) in [6.45, 7) is 1.56. The van der Waals surface area contributed by atoms with Gasteiger partial charge in [0, 0.05) is 12.6 Å². The fourth-order valence-corrected chi connectivity index (χ4v) is 3.40. The summed E-state index contributed by atoms with van der Waals surface area (Å²) in [4.78, 5) is 25.6. The molecular weight excluding hydrogens is 416 g/mol. The highest BCUT2D eigenvalue weighted by molar-refractivity contribution is 5.86. The van der Waals surface area contributed by atoms with Gasteiger partial charge in [-0.1, -0.05) is 6.07 Å². The first-order valence-electron chi connectivity index (χ1n) is 9.67. The van der Waals surface area contributed by atoms with Gasteiger partial charge in [0.2, 0.25) is 5.56 Å². The molecule has 0 aliphatic rings. The summed E-state index contributed by atoms with van der Waals surface area (Å²) in [5, 5.41) is 29.0. The molecular formula is C23H20N2O7. The lowest BCUT2D eigenvalue weighted by Gasteiger charge is -2.12. The van der Waals surface area contributed by atoms with E-state index >= 15 is 0 Å². The Balaban J connectivity index is 1.74. The molecule has 0 unspecified atom stereocenters. The summed E-state index contributed by atoms with van der Waals surface area (Å²) in [7, 11) is 0. The quantitative estimate of drug-likeness (QED) is 0.349. The number of hydrogen-bond donors (Lipinski definition) is 4. The number of H-pyrrole nitrogens is 1. The Labute approximate surface area is 181 Å². The fraction of sp³-hybridized carbons (Fsp3) is 0.130. The zero-order chi connectivity index (χ0) is 22.8. The number of nitrogens with one attached hydrogen (secondary N) is 1. The van der Waals surface area contributed by atoms with Crippen LogP contribution in [0.2, 0.25) is 0 Å². The Morgan fingerprint density at radius 3 is 2.53 bits per heavy atom. The molecule has 4 aromatic rings. The van der Waals surface area contributed by atoms with E-state index in [1.54, 1.807) is 30.3 Å². The third-order valence-corrected chi connectivity index (χ3v) is 4.92. The first-order valence-corrected chi connectivity index (χ1v) is 9.67. The number of fused-ring (bicyclic) bond motifs is 1. The van der Waals surface area contributed by atoms with Crippen LogP contribution >= 0.6 is 0 Å². The number of aromatic nitrogens is 2. The van der Waals surface area contributed by atoms with E-state index < -0.39 is 12.6 Å². The van der Waals surface area contributed by atoms with Gasteiger partial charge in [0.1, 0.15) is 17.1 Å². The molecule has 0 amide bonds. The van der Waals surface area contributed by atoms with Gasteiger partial charge in [0.25, 0.3) is 0 Å². The van der Waals surface area contributed by atoms with Crippen LogP contribution in [0.3, 0.4) is 0 Å². The van der Waals surface area contributed by atoms with Crippen LogP contribution in [0.4, 0.5) is 0 Å². The van der Waals surface area contributed by atoms with Gasteiger partial charge in [-0.2, -0.15) is 0 Å². The van der Waals surface area contributed by atoms with Crippen molar-refractivity contribution in [2.75, 3.05) is 6.61 Å². The Morgan fingerprint density at radius 2 is 1.81 bits per heavy atom. The van der Waals surface area contributed by atoms with Gasteiger partial charge in [0.15, 0.2) is 23.9 Å². The highest BCUT2D eigenvalue weighted by atomic mass is 16.5. The molecule has 4 N–H and O–H groups in total. The summed E-state index contributed by atoms with van der Waals surface area (Å²) in [5.41, 5.74) is 1.72. The Hall–Kier alpha value is -4.40. The summed E-state index contributed by atoms with van der Waals surface area (Å²) >= 11 is 0. The molecule has 0 fully saturated rings. The molecule has 0 atom stereocenters. The Morgan fingerprint density at radius 1 is 1.06 bits per heavy atom. The first-order chi connectivity index (χ1) is 15.3. The van der Waals surface area contributed by atoms with Gasteiger partial charge in [0.05, 0.1) is 11.1 Å². The predicted octanol–water partition coefficient (Wildman–Crippen LogP) is 3.35. The van der Waals surface area contributed by atoms with E-state index in [2.05, 4.69) is 4.98 Å². The molecule has 0 saturated heterocycles. The number of phenols is 2. The van der Waals surface area contributed by atoms with E-state index in [1.807, 2.05) is 11.5 Å². The molecule has 0 saturated carbocycles. The van der Waals surface area contributed by atoms with Crippen molar-refractivity contribution in [1.82, 2.24) is 9.55 Å². The van der Waals surface area contributed by atoms with Crippen LogP contribution < -0.4 is 15.0 Å². The molecule has 0 spiro atoms. The molecule has 9 heteroatoms. The molecule has 0 aliphatic carbocycles. The van der Waals surface area contributed by atoms with E-state index in [-0.39, 0.29) is 22.8 Å². The van der Waals surface area contributed by atoms with E-state index in [4.69, 9.17) is 14.6 Å². The lowest BCUT2D eigenvalue weighted by molar-refractivity contribution is -0.139. The van der Waals surface area contributed by atoms with Crippen molar-refractivity contribution in [3.05, 3.63) is 76.2 Å². The number of benzene rings is 2. The van der Waals surface area contributed by atoms with E-state index in [0.29, 0.717) is 34.6 Å². The lowest BCUT2D eigenvalue weighted by atomic mass is 10.2. The van der Waals surface area contributed by atoms with Crippen molar-refractivity contribution in [3.8, 4) is 28.7 Å². The average Bonchev–Trinajstić information content (AvgIpc) is 3.00. The molecule has 2 aromatic carbocycles. The zero-order valence-electron chi connectivity index (χ0n) is 17.0. The number of ether oxygens (including phenoxy) is 2. The monoisotopic (exact) mass is 436 g/mol. The number of aromatic amines is 1. The number of phenolic OH excluding ortho intramolecular Hbond substituents is 2. The number of aromatic hydroxyl groups is 2. The van der Waals surface area contributed by atoms with Crippen LogP contribution in [0.25, 0.3) is 11.0 Å². The van der Waals surface area contributed by atoms with Crippen molar-refractivity contribution < 1.29 is 29.6 Å². The number of rotatable bonds is 7. The number of nitrogens with zero attached hydrogens (tertiary/aromatic N) is 1. The second-order valence-electron chi connectivity index (χ2n) is 7.17. The molecule has 9 nitrogen and oxygen atoms in total. The van der Waals surface area contributed by atoms with Crippen LogP contribution in [0, 0.1) is 6.92 Å². The molecule has 4 rings (SSSR count). The van der Waals surface area contributed by atoms with Gasteiger partial charge in [-0.05, 0) is 55.0 Å². The van der Waals surface area contributed by atoms with Crippen LogP contribution in [-0.4, -0.2) is 37.4 Å². The molecule has 2 aromatic heterocycles. The van der Waals surface area contributed by atoms with Crippen LogP contribution in [0.15, 0.2) is 59.4 Å². The number of aliphatic carboxylic acids is 1. The number of carboxylic acid groups (broad SMARTS) is 1. The van der Waals surface area contributed by atoms with Crippen LogP contribution in [-0.2, 0) is 11.3 Å². The Kier molecular flexibility index (Phi) is 5.46. The SMILES string of the molecule is Cc1c(Oc2ccc(O)cc2)c2ccc(=O)[nH]c2n1Cc1ccc(O)c(OCC(=O)O)c1. The summed E-state index contributed by atoms with van der Waals surface area (Å²) < 4.78 is 13.1. The number of carbonyl (C=O) groups is 1. The van der Waals surface area contributed by atoms with Gasteiger partial charge in [-0.25, -0.2) is 4.79 Å². The number of carboxylic acids is 1. The highest BCUT2D eigenvalue weighted by Crippen LogP contribution is 2.36. The summed E-state index contributed by atoms with van der Waals surface area (Å²) in [6.07, 6.45) is 0. The minimum Gasteiger partial charge on any atom is -0.508 e. The molecule has 0 radical (unpaired) electrons. The van der Waals surface area contributed by atoms with Gasteiger partial charge < -0.3 is 34.3 Å². The van der Waals surface area contributed by atoms with Gasteiger partial charge in [-0.3, -0.25) is 4.79 Å². The van der Waals surface area contributed by atoms with Crippen molar-refractivity contribution >= 4 is 17.0 Å². The molecule has 32 heavy (non-hydrogen) atoms. The van der Waals surface area contributed by atoms with Crippen LogP contribution in [0.5, 0.6) is 28.7 Å². The van der Waals surface area contributed by atoms with E-state index in [0.717, 1.165) is 5.69 Å².